The van der Waals surface area contributed by atoms with E-state index in [0.717, 1.165) is 72.1 Å². The highest BCUT2D eigenvalue weighted by molar-refractivity contribution is 6.10. The molecule has 3 heterocycles. The summed E-state index contributed by atoms with van der Waals surface area (Å²) in [5.41, 5.74) is 10.7. The van der Waals surface area contributed by atoms with Crippen LogP contribution in [0.5, 0.6) is 0 Å². The van der Waals surface area contributed by atoms with Crippen LogP contribution in [-0.2, 0) is 0 Å². The molecule has 0 N–H and O–H groups in total. The molecular weight excluding hydrogens is 601 g/mol. The predicted molar refractivity (Wildman–Crippen MR) is 198 cm³/mol. The van der Waals surface area contributed by atoms with Crippen molar-refractivity contribution in [3.63, 3.8) is 0 Å². The van der Waals surface area contributed by atoms with Crippen LogP contribution < -0.4 is 0 Å². The monoisotopic (exact) mass is 628 g/mol. The average Bonchev–Trinajstić information content (AvgIpc) is 3.57. The third kappa shape index (κ3) is 5.43. The fourth-order valence-corrected chi connectivity index (χ4v) is 6.31. The highest BCUT2D eigenvalue weighted by Gasteiger charge is 2.17. The number of nitrogens with zero attached hydrogens (tertiary/aromatic N) is 4. The fourth-order valence-electron chi connectivity index (χ4n) is 6.31. The minimum Gasteiger partial charge on any atom is -0.455 e. The van der Waals surface area contributed by atoms with Gasteiger partial charge in [-0.05, 0) is 52.6 Å². The molecule has 6 aromatic carbocycles. The standard InChI is InChI=1S/C44H28N4O/c1-3-10-29(11-4-1)31-17-21-33(22-18-31)42-46-43(34-23-19-32(20-24-34)30-12-5-2-6-13-30)48-44(47-42)35-25-26-36-37-14-9-15-38(39-16-7-8-27-45-39)41(37)49-40(36)28-35/h1-28H. The molecule has 0 amide bonds. The third-order valence-electron chi connectivity index (χ3n) is 8.83. The number of hydrogen-bond donors (Lipinski definition) is 0. The summed E-state index contributed by atoms with van der Waals surface area (Å²) in [7, 11) is 0. The molecule has 9 aromatic rings. The minimum atomic E-state index is 0.576. The summed E-state index contributed by atoms with van der Waals surface area (Å²) in [6, 6.07) is 55.7. The number of pyridine rings is 1. The Kier molecular flexibility index (Phi) is 7.06. The fraction of sp³-hybridized carbons (Fsp3) is 0. The van der Waals surface area contributed by atoms with Gasteiger partial charge in [0.2, 0.25) is 0 Å². The molecule has 0 aliphatic rings. The second-order valence-electron chi connectivity index (χ2n) is 11.9. The molecule has 0 aliphatic carbocycles. The van der Waals surface area contributed by atoms with Gasteiger partial charge in [0.1, 0.15) is 11.2 Å². The Morgan fingerprint density at radius 2 is 0.878 bits per heavy atom. The van der Waals surface area contributed by atoms with E-state index in [-0.39, 0.29) is 0 Å². The molecule has 230 valence electrons. The SMILES string of the molecule is c1ccc(-c2ccc(-c3nc(-c4ccc(-c5ccccc5)cc4)nc(-c4ccc5c(c4)oc4c(-c6ccccn6)cccc45)n3)cc2)cc1. The largest absolute Gasteiger partial charge is 0.455 e. The minimum absolute atomic E-state index is 0.576. The Morgan fingerprint density at radius 3 is 1.45 bits per heavy atom. The molecule has 0 unspecified atom stereocenters. The van der Waals surface area contributed by atoms with Crippen molar-refractivity contribution in [2.24, 2.45) is 0 Å². The van der Waals surface area contributed by atoms with Gasteiger partial charge in [0, 0.05) is 39.2 Å². The highest BCUT2D eigenvalue weighted by Crippen LogP contribution is 2.37. The highest BCUT2D eigenvalue weighted by atomic mass is 16.3. The first-order chi connectivity index (χ1) is 24.3. The summed E-state index contributed by atoms with van der Waals surface area (Å²) in [5, 5.41) is 2.07. The second kappa shape index (κ2) is 12.1. The summed E-state index contributed by atoms with van der Waals surface area (Å²) in [6.07, 6.45) is 1.80. The van der Waals surface area contributed by atoms with Gasteiger partial charge in [-0.3, -0.25) is 4.98 Å². The molecule has 0 spiro atoms. The van der Waals surface area contributed by atoms with Crippen molar-refractivity contribution in [1.29, 1.82) is 0 Å². The maximum absolute atomic E-state index is 6.53. The van der Waals surface area contributed by atoms with Crippen LogP contribution in [0.4, 0.5) is 0 Å². The molecule has 9 rings (SSSR count). The van der Waals surface area contributed by atoms with E-state index in [1.165, 1.54) is 0 Å². The van der Waals surface area contributed by atoms with Crippen molar-refractivity contribution in [3.05, 3.63) is 170 Å². The Balaban J connectivity index is 1.16. The molecule has 0 fully saturated rings. The number of para-hydroxylation sites is 1. The van der Waals surface area contributed by atoms with Crippen LogP contribution in [0, 0.1) is 0 Å². The molecule has 0 atom stereocenters. The van der Waals surface area contributed by atoms with Crippen LogP contribution >= 0.6 is 0 Å². The zero-order chi connectivity index (χ0) is 32.6. The molecule has 3 aromatic heterocycles. The first-order valence-electron chi connectivity index (χ1n) is 16.2. The second-order valence-corrected chi connectivity index (χ2v) is 11.9. The molecule has 0 radical (unpaired) electrons. The van der Waals surface area contributed by atoms with Gasteiger partial charge in [-0.25, -0.2) is 15.0 Å². The lowest BCUT2D eigenvalue weighted by Crippen LogP contribution is -2.00. The molecule has 0 saturated heterocycles. The van der Waals surface area contributed by atoms with E-state index in [9.17, 15) is 0 Å². The molecule has 0 aliphatic heterocycles. The summed E-state index contributed by atoms with van der Waals surface area (Å²) in [6.45, 7) is 0. The van der Waals surface area contributed by atoms with Crippen molar-refractivity contribution in [1.82, 2.24) is 19.9 Å². The molecule has 0 saturated carbocycles. The Morgan fingerprint density at radius 1 is 0.367 bits per heavy atom. The van der Waals surface area contributed by atoms with Crippen molar-refractivity contribution >= 4 is 21.9 Å². The number of rotatable bonds is 6. The summed E-state index contributed by atoms with van der Waals surface area (Å²) in [5.74, 6) is 1.79. The van der Waals surface area contributed by atoms with Crippen molar-refractivity contribution < 1.29 is 4.42 Å². The number of aromatic nitrogens is 4. The van der Waals surface area contributed by atoms with Crippen LogP contribution in [0.25, 0.3) is 89.6 Å². The molecule has 5 heteroatoms. The lowest BCUT2D eigenvalue weighted by Gasteiger charge is -2.10. The zero-order valence-electron chi connectivity index (χ0n) is 26.4. The van der Waals surface area contributed by atoms with Gasteiger partial charge in [0.15, 0.2) is 17.5 Å². The molecule has 49 heavy (non-hydrogen) atoms. The number of hydrogen-bond acceptors (Lipinski definition) is 5. The van der Waals surface area contributed by atoms with E-state index in [1.54, 1.807) is 6.20 Å². The van der Waals surface area contributed by atoms with Crippen molar-refractivity contribution in [2.45, 2.75) is 0 Å². The first kappa shape index (κ1) is 28.5. The van der Waals surface area contributed by atoms with Crippen LogP contribution in [0.2, 0.25) is 0 Å². The summed E-state index contributed by atoms with van der Waals surface area (Å²) in [4.78, 5) is 19.6. The first-order valence-corrected chi connectivity index (χ1v) is 16.2. The quantitative estimate of drug-likeness (QED) is 0.183. The van der Waals surface area contributed by atoms with Crippen LogP contribution in [0.3, 0.4) is 0 Å². The topological polar surface area (TPSA) is 64.7 Å². The van der Waals surface area contributed by atoms with Crippen molar-refractivity contribution in [2.75, 3.05) is 0 Å². The van der Waals surface area contributed by atoms with E-state index in [0.29, 0.717) is 17.5 Å². The van der Waals surface area contributed by atoms with E-state index < -0.39 is 0 Å². The van der Waals surface area contributed by atoms with Gasteiger partial charge in [-0.2, -0.15) is 0 Å². The summed E-state index contributed by atoms with van der Waals surface area (Å²) >= 11 is 0. The Hall–Kier alpha value is -6.72. The predicted octanol–water partition coefficient (Wildman–Crippen LogP) is 11.2. The van der Waals surface area contributed by atoms with E-state index in [4.69, 9.17) is 19.4 Å². The van der Waals surface area contributed by atoms with E-state index in [2.05, 4.69) is 120 Å². The lowest BCUT2D eigenvalue weighted by atomic mass is 10.0. The summed E-state index contributed by atoms with van der Waals surface area (Å²) < 4.78 is 6.53. The Bertz CT molecular complexity index is 2460. The van der Waals surface area contributed by atoms with Gasteiger partial charge in [-0.1, -0.05) is 133 Å². The smallest absolute Gasteiger partial charge is 0.164 e. The zero-order valence-corrected chi connectivity index (χ0v) is 26.4. The van der Waals surface area contributed by atoms with Gasteiger partial charge >= 0.3 is 0 Å². The van der Waals surface area contributed by atoms with Gasteiger partial charge in [-0.15, -0.1) is 0 Å². The van der Waals surface area contributed by atoms with Crippen LogP contribution in [-0.4, -0.2) is 19.9 Å². The maximum atomic E-state index is 6.53. The Labute approximate surface area is 283 Å². The third-order valence-corrected chi connectivity index (χ3v) is 8.83. The number of fused-ring (bicyclic) bond motifs is 3. The average molecular weight is 629 g/mol. The van der Waals surface area contributed by atoms with E-state index in [1.807, 2.05) is 48.5 Å². The van der Waals surface area contributed by atoms with Gasteiger partial charge in [0.25, 0.3) is 0 Å². The number of benzene rings is 6. The van der Waals surface area contributed by atoms with Gasteiger partial charge in [0.05, 0.1) is 5.69 Å². The lowest BCUT2D eigenvalue weighted by molar-refractivity contribution is 0.670. The van der Waals surface area contributed by atoms with Crippen LogP contribution in [0.15, 0.2) is 174 Å². The van der Waals surface area contributed by atoms with Crippen molar-refractivity contribution in [3.8, 4) is 67.7 Å². The van der Waals surface area contributed by atoms with Gasteiger partial charge < -0.3 is 4.42 Å². The van der Waals surface area contributed by atoms with E-state index >= 15 is 0 Å². The molecule has 0 bridgehead atoms. The van der Waals surface area contributed by atoms with Crippen LogP contribution in [0.1, 0.15) is 0 Å². The normalized spacial score (nSPS) is 11.3. The molecule has 5 nitrogen and oxygen atoms in total. The maximum Gasteiger partial charge on any atom is 0.164 e. The molecular formula is C44H28N4O. The number of furan rings is 1.